The lowest BCUT2D eigenvalue weighted by Crippen LogP contribution is -2.47. The molecule has 94 valence electrons. The summed E-state index contributed by atoms with van der Waals surface area (Å²) >= 11 is 0. The number of carbonyl (C=O) groups excluding carboxylic acids is 1. The van der Waals surface area contributed by atoms with Gasteiger partial charge in [-0.2, -0.15) is 5.26 Å². The van der Waals surface area contributed by atoms with Crippen LogP contribution in [0.15, 0.2) is 18.2 Å². The van der Waals surface area contributed by atoms with Gasteiger partial charge in [-0.15, -0.1) is 0 Å². The maximum atomic E-state index is 11.3. The van der Waals surface area contributed by atoms with Crippen LogP contribution in [-0.2, 0) is 11.3 Å². The van der Waals surface area contributed by atoms with Crippen molar-refractivity contribution in [1.29, 1.82) is 5.26 Å². The maximum absolute atomic E-state index is 11.3. The summed E-state index contributed by atoms with van der Waals surface area (Å²) in [6, 6.07) is 7.58. The minimum Gasteiger partial charge on any atom is -0.495 e. The molecular weight excluding hydrogens is 230 g/mol. The number of hydrogen-bond donors (Lipinski definition) is 1. The minimum absolute atomic E-state index is 0.0573. The van der Waals surface area contributed by atoms with E-state index in [1.54, 1.807) is 13.2 Å². The molecule has 1 aliphatic heterocycles. The molecule has 5 heteroatoms. The van der Waals surface area contributed by atoms with Gasteiger partial charge in [-0.1, -0.05) is 6.07 Å². The highest BCUT2D eigenvalue weighted by Gasteiger charge is 2.16. The van der Waals surface area contributed by atoms with Crippen LogP contribution < -0.4 is 10.1 Å². The van der Waals surface area contributed by atoms with Crippen molar-refractivity contribution in [2.75, 3.05) is 26.7 Å². The molecule has 0 unspecified atom stereocenters. The monoisotopic (exact) mass is 245 g/mol. The number of methoxy groups -OCH3 is 1. The molecule has 0 atom stereocenters. The first-order valence-corrected chi connectivity index (χ1v) is 5.79. The van der Waals surface area contributed by atoms with Gasteiger partial charge >= 0.3 is 0 Å². The first-order chi connectivity index (χ1) is 8.72. The van der Waals surface area contributed by atoms with E-state index in [0.29, 0.717) is 30.9 Å². The molecule has 0 aliphatic carbocycles. The van der Waals surface area contributed by atoms with Gasteiger partial charge in [-0.3, -0.25) is 9.69 Å². The summed E-state index contributed by atoms with van der Waals surface area (Å²) in [7, 11) is 1.55. The molecule has 1 aromatic rings. The van der Waals surface area contributed by atoms with Crippen LogP contribution in [0.25, 0.3) is 0 Å². The van der Waals surface area contributed by atoms with Crippen molar-refractivity contribution in [3.8, 4) is 11.8 Å². The van der Waals surface area contributed by atoms with E-state index in [9.17, 15) is 4.79 Å². The standard InChI is InChI=1S/C13H15N3O2/c1-18-12-6-10(2-3-11(12)7-14)8-16-5-4-15-13(17)9-16/h2-3,6H,4-5,8-9H2,1H3,(H,15,17). The first-order valence-electron chi connectivity index (χ1n) is 5.79. The van der Waals surface area contributed by atoms with Gasteiger partial charge in [0.15, 0.2) is 0 Å². The summed E-state index contributed by atoms with van der Waals surface area (Å²) in [5, 5.41) is 11.7. The lowest BCUT2D eigenvalue weighted by molar-refractivity contribution is -0.124. The number of nitriles is 1. The highest BCUT2D eigenvalue weighted by atomic mass is 16.5. The van der Waals surface area contributed by atoms with E-state index in [1.807, 2.05) is 12.1 Å². The van der Waals surface area contributed by atoms with Gasteiger partial charge in [0, 0.05) is 19.6 Å². The second-order valence-electron chi connectivity index (χ2n) is 4.21. The Morgan fingerprint density at radius 3 is 3.06 bits per heavy atom. The molecule has 1 N–H and O–H groups in total. The van der Waals surface area contributed by atoms with Crippen LogP contribution in [-0.4, -0.2) is 37.6 Å². The van der Waals surface area contributed by atoms with Crippen molar-refractivity contribution in [2.24, 2.45) is 0 Å². The molecule has 0 aromatic heterocycles. The van der Waals surface area contributed by atoms with E-state index in [-0.39, 0.29) is 5.91 Å². The molecule has 1 saturated heterocycles. The summed E-state index contributed by atoms with van der Waals surface area (Å²) in [6.45, 7) is 2.64. The number of hydrogen-bond acceptors (Lipinski definition) is 4. The van der Waals surface area contributed by atoms with E-state index < -0.39 is 0 Å². The highest BCUT2D eigenvalue weighted by Crippen LogP contribution is 2.20. The second-order valence-corrected chi connectivity index (χ2v) is 4.21. The third-order valence-electron chi connectivity index (χ3n) is 2.91. The molecule has 1 amide bonds. The normalized spacial score (nSPS) is 15.9. The molecule has 0 saturated carbocycles. The Hall–Kier alpha value is -2.06. The SMILES string of the molecule is COc1cc(CN2CCNC(=O)C2)ccc1C#N. The highest BCUT2D eigenvalue weighted by molar-refractivity contribution is 5.78. The minimum atomic E-state index is 0.0573. The zero-order valence-electron chi connectivity index (χ0n) is 10.3. The van der Waals surface area contributed by atoms with Gasteiger partial charge in [-0.05, 0) is 17.7 Å². The van der Waals surface area contributed by atoms with Crippen molar-refractivity contribution >= 4 is 5.91 Å². The molecule has 1 fully saturated rings. The average Bonchev–Trinajstić information content (AvgIpc) is 2.38. The molecule has 1 heterocycles. The van der Waals surface area contributed by atoms with E-state index in [2.05, 4.69) is 16.3 Å². The molecule has 0 radical (unpaired) electrons. The van der Waals surface area contributed by atoms with Gasteiger partial charge in [0.2, 0.25) is 5.91 Å². The molecule has 0 spiro atoms. The van der Waals surface area contributed by atoms with Gasteiger partial charge in [0.05, 0.1) is 19.2 Å². The van der Waals surface area contributed by atoms with Crippen molar-refractivity contribution in [2.45, 2.75) is 6.54 Å². The number of benzene rings is 1. The summed E-state index contributed by atoms with van der Waals surface area (Å²) in [5.41, 5.74) is 1.57. The zero-order chi connectivity index (χ0) is 13.0. The predicted molar refractivity (Wildman–Crippen MR) is 66.0 cm³/mol. The van der Waals surface area contributed by atoms with Gasteiger partial charge in [0.25, 0.3) is 0 Å². The van der Waals surface area contributed by atoms with Gasteiger partial charge < -0.3 is 10.1 Å². The van der Waals surface area contributed by atoms with E-state index in [1.165, 1.54) is 0 Å². The van der Waals surface area contributed by atoms with Crippen LogP contribution in [0, 0.1) is 11.3 Å². The topological polar surface area (TPSA) is 65.4 Å². The Kier molecular flexibility index (Phi) is 3.80. The van der Waals surface area contributed by atoms with Crippen LogP contribution in [0.4, 0.5) is 0 Å². The van der Waals surface area contributed by atoms with Crippen LogP contribution in [0.2, 0.25) is 0 Å². The van der Waals surface area contributed by atoms with Crippen molar-refractivity contribution < 1.29 is 9.53 Å². The molecular formula is C13H15N3O2. The molecule has 1 aromatic carbocycles. The zero-order valence-corrected chi connectivity index (χ0v) is 10.3. The lowest BCUT2D eigenvalue weighted by atomic mass is 10.1. The fourth-order valence-corrected chi connectivity index (χ4v) is 2.01. The summed E-state index contributed by atoms with van der Waals surface area (Å²) in [4.78, 5) is 13.3. The Morgan fingerprint density at radius 2 is 2.39 bits per heavy atom. The summed E-state index contributed by atoms with van der Waals surface area (Å²) in [6.07, 6.45) is 0. The molecule has 0 bridgehead atoms. The van der Waals surface area contributed by atoms with E-state index in [0.717, 1.165) is 12.1 Å². The lowest BCUT2D eigenvalue weighted by Gasteiger charge is -2.26. The number of ether oxygens (including phenoxy) is 1. The average molecular weight is 245 g/mol. The quantitative estimate of drug-likeness (QED) is 0.842. The molecule has 2 rings (SSSR count). The molecule has 18 heavy (non-hydrogen) atoms. The number of carbonyl (C=O) groups is 1. The predicted octanol–water partition coefficient (Wildman–Crippen LogP) is 0.499. The number of nitrogens with one attached hydrogen (secondary N) is 1. The van der Waals surface area contributed by atoms with Crippen LogP contribution in [0.3, 0.4) is 0 Å². The summed E-state index contributed by atoms with van der Waals surface area (Å²) < 4.78 is 5.17. The van der Waals surface area contributed by atoms with Crippen LogP contribution in [0.5, 0.6) is 5.75 Å². The van der Waals surface area contributed by atoms with Crippen molar-refractivity contribution in [3.63, 3.8) is 0 Å². The third-order valence-corrected chi connectivity index (χ3v) is 2.91. The molecule has 5 nitrogen and oxygen atoms in total. The van der Waals surface area contributed by atoms with Crippen molar-refractivity contribution in [1.82, 2.24) is 10.2 Å². The fourth-order valence-electron chi connectivity index (χ4n) is 2.01. The number of amides is 1. The Balaban J connectivity index is 2.10. The maximum Gasteiger partial charge on any atom is 0.234 e. The molecule has 1 aliphatic rings. The van der Waals surface area contributed by atoms with Gasteiger partial charge in [-0.25, -0.2) is 0 Å². The number of nitrogens with zero attached hydrogens (tertiary/aromatic N) is 2. The van der Waals surface area contributed by atoms with E-state index in [4.69, 9.17) is 10.00 Å². The Morgan fingerprint density at radius 1 is 1.56 bits per heavy atom. The largest absolute Gasteiger partial charge is 0.495 e. The Bertz CT molecular complexity index is 493. The van der Waals surface area contributed by atoms with Crippen LogP contribution in [0.1, 0.15) is 11.1 Å². The first kappa shape index (κ1) is 12.4. The number of rotatable bonds is 3. The number of piperazine rings is 1. The van der Waals surface area contributed by atoms with Crippen molar-refractivity contribution in [3.05, 3.63) is 29.3 Å². The van der Waals surface area contributed by atoms with E-state index >= 15 is 0 Å². The van der Waals surface area contributed by atoms with Gasteiger partial charge in [0.1, 0.15) is 11.8 Å². The fraction of sp³-hybridized carbons (Fsp3) is 0.385. The Labute approximate surface area is 106 Å². The smallest absolute Gasteiger partial charge is 0.234 e. The second kappa shape index (κ2) is 5.52. The third kappa shape index (κ3) is 2.79. The summed E-state index contributed by atoms with van der Waals surface area (Å²) in [5.74, 6) is 0.637. The van der Waals surface area contributed by atoms with Crippen LogP contribution >= 0.6 is 0 Å².